The molecule has 5 nitrogen and oxygen atoms in total. The van der Waals surface area contributed by atoms with E-state index in [2.05, 4.69) is 22.2 Å². The molecule has 1 aromatic carbocycles. The largest absolute Gasteiger partial charge is 0.484 e. The molecule has 0 aliphatic carbocycles. The van der Waals surface area contributed by atoms with Crippen LogP contribution in [0.15, 0.2) is 24.4 Å². The van der Waals surface area contributed by atoms with Crippen molar-refractivity contribution in [3.05, 3.63) is 41.5 Å². The first kappa shape index (κ1) is 14.0. The Balaban J connectivity index is 2.07. The van der Waals surface area contributed by atoms with Gasteiger partial charge in [-0.3, -0.25) is 4.68 Å². The third-order valence-corrected chi connectivity index (χ3v) is 2.43. The molecular formula is C14H14FN3O2. The van der Waals surface area contributed by atoms with Gasteiger partial charge in [-0.25, -0.2) is 4.39 Å². The van der Waals surface area contributed by atoms with Gasteiger partial charge in [-0.05, 0) is 18.2 Å². The second-order valence-corrected chi connectivity index (χ2v) is 4.09. The van der Waals surface area contributed by atoms with Gasteiger partial charge in [0.05, 0.1) is 12.8 Å². The minimum atomic E-state index is -0.457. The number of ether oxygens (including phenoxy) is 1. The Hall–Kier alpha value is -2.39. The summed E-state index contributed by atoms with van der Waals surface area (Å²) in [5, 5.41) is 16.3. The second-order valence-electron chi connectivity index (χ2n) is 4.09. The van der Waals surface area contributed by atoms with Crippen LogP contribution < -0.4 is 4.74 Å². The van der Waals surface area contributed by atoms with E-state index >= 15 is 0 Å². The van der Waals surface area contributed by atoms with Gasteiger partial charge >= 0.3 is 0 Å². The first-order valence-corrected chi connectivity index (χ1v) is 6.06. The Morgan fingerprint density at radius 3 is 3.00 bits per heavy atom. The highest BCUT2D eigenvalue weighted by Gasteiger charge is 2.06. The van der Waals surface area contributed by atoms with Gasteiger partial charge in [-0.15, -0.1) is 5.10 Å². The molecule has 0 aliphatic rings. The lowest BCUT2D eigenvalue weighted by Crippen LogP contribution is -1.98. The quantitative estimate of drug-likeness (QED) is 0.854. The number of hydrogen-bond acceptors (Lipinski definition) is 4. The lowest BCUT2D eigenvalue weighted by molar-refractivity contribution is 0.285. The van der Waals surface area contributed by atoms with Gasteiger partial charge in [0.1, 0.15) is 12.3 Å². The average molecular weight is 275 g/mol. The summed E-state index contributed by atoms with van der Waals surface area (Å²) in [4.78, 5) is 0. The van der Waals surface area contributed by atoms with Gasteiger partial charge in [0, 0.05) is 19.0 Å². The predicted molar refractivity (Wildman–Crippen MR) is 70.3 cm³/mol. The van der Waals surface area contributed by atoms with Gasteiger partial charge in [0.2, 0.25) is 0 Å². The maximum atomic E-state index is 13.6. The molecule has 1 N–H and O–H groups in total. The fraction of sp³-hybridized carbons (Fsp3) is 0.286. The monoisotopic (exact) mass is 275 g/mol. The Bertz CT molecular complexity index is 643. The second kappa shape index (κ2) is 6.68. The highest BCUT2D eigenvalue weighted by Crippen LogP contribution is 2.19. The number of rotatable bonds is 4. The van der Waals surface area contributed by atoms with Crippen LogP contribution in [-0.4, -0.2) is 26.7 Å². The van der Waals surface area contributed by atoms with Crippen LogP contribution in [0.5, 0.6) is 5.75 Å². The zero-order chi connectivity index (χ0) is 14.4. The number of aromatic nitrogens is 3. The van der Waals surface area contributed by atoms with E-state index in [9.17, 15) is 4.39 Å². The molecule has 2 rings (SSSR count). The first-order chi connectivity index (χ1) is 9.69. The number of halogens is 1. The summed E-state index contributed by atoms with van der Waals surface area (Å²) in [5.41, 5.74) is 1.25. The van der Waals surface area contributed by atoms with E-state index in [1.807, 2.05) is 0 Å². The fourth-order valence-corrected chi connectivity index (χ4v) is 1.53. The Kier molecular flexibility index (Phi) is 4.69. The van der Waals surface area contributed by atoms with E-state index in [0.29, 0.717) is 17.7 Å². The molecule has 0 saturated carbocycles. The smallest absolute Gasteiger partial charge is 0.165 e. The van der Waals surface area contributed by atoms with Gasteiger partial charge in [0.15, 0.2) is 11.6 Å². The van der Waals surface area contributed by atoms with Gasteiger partial charge in [-0.1, -0.05) is 17.1 Å². The topological polar surface area (TPSA) is 60.2 Å². The Labute approximate surface area is 116 Å². The SMILES string of the molecule is Cn1cc(COc2cc(C#CCCO)ccc2F)nn1. The molecule has 6 heteroatoms. The predicted octanol–water partition coefficient (Wildman–Crippen LogP) is 1.27. The molecular weight excluding hydrogens is 261 g/mol. The van der Waals surface area contributed by atoms with E-state index in [1.165, 1.54) is 12.1 Å². The van der Waals surface area contributed by atoms with Crippen molar-refractivity contribution in [1.82, 2.24) is 15.0 Å². The summed E-state index contributed by atoms with van der Waals surface area (Å²) in [5.74, 6) is 5.26. The van der Waals surface area contributed by atoms with Gasteiger partial charge in [0.25, 0.3) is 0 Å². The maximum Gasteiger partial charge on any atom is 0.165 e. The van der Waals surface area contributed by atoms with E-state index in [-0.39, 0.29) is 19.0 Å². The molecule has 2 aromatic rings. The van der Waals surface area contributed by atoms with Gasteiger partial charge in [-0.2, -0.15) is 0 Å². The molecule has 0 radical (unpaired) electrons. The molecule has 0 atom stereocenters. The molecule has 0 amide bonds. The molecule has 0 aliphatic heterocycles. The van der Waals surface area contributed by atoms with Gasteiger partial charge < -0.3 is 9.84 Å². The zero-order valence-corrected chi connectivity index (χ0v) is 11.0. The molecule has 0 bridgehead atoms. The standard InChI is InChI=1S/C14H14FN3O2/c1-18-9-12(16-17-18)10-20-14-8-11(4-2-3-7-19)5-6-13(14)15/h5-6,8-9,19H,3,7,10H2,1H3. The van der Waals surface area contributed by atoms with E-state index < -0.39 is 5.82 Å². The molecule has 0 spiro atoms. The fourth-order valence-electron chi connectivity index (χ4n) is 1.53. The van der Waals surface area contributed by atoms with Crippen LogP contribution >= 0.6 is 0 Å². The van der Waals surface area contributed by atoms with E-state index in [1.54, 1.807) is 24.0 Å². The van der Waals surface area contributed by atoms with Crippen molar-refractivity contribution in [2.45, 2.75) is 13.0 Å². The van der Waals surface area contributed by atoms with Crippen LogP contribution in [0.1, 0.15) is 17.7 Å². The average Bonchev–Trinajstić information content (AvgIpc) is 2.85. The molecule has 0 fully saturated rings. The molecule has 1 heterocycles. The lowest BCUT2D eigenvalue weighted by Gasteiger charge is -2.05. The van der Waals surface area contributed by atoms with Crippen LogP contribution in [0, 0.1) is 17.7 Å². The molecule has 0 unspecified atom stereocenters. The Morgan fingerprint density at radius 1 is 1.45 bits per heavy atom. The summed E-state index contributed by atoms with van der Waals surface area (Å²) in [6.07, 6.45) is 2.08. The number of nitrogens with zero attached hydrogens (tertiary/aromatic N) is 3. The summed E-state index contributed by atoms with van der Waals surface area (Å²) >= 11 is 0. The maximum absolute atomic E-state index is 13.6. The molecule has 1 aromatic heterocycles. The van der Waals surface area contributed by atoms with Crippen molar-refractivity contribution in [3.63, 3.8) is 0 Å². The third-order valence-electron chi connectivity index (χ3n) is 2.43. The minimum Gasteiger partial charge on any atom is -0.484 e. The van der Waals surface area contributed by atoms with Crippen molar-refractivity contribution in [1.29, 1.82) is 0 Å². The summed E-state index contributed by atoms with van der Waals surface area (Å²) in [7, 11) is 1.74. The van der Waals surface area contributed by atoms with Crippen molar-refractivity contribution in [2.24, 2.45) is 7.05 Å². The summed E-state index contributed by atoms with van der Waals surface area (Å²) in [6.45, 7) is 0.141. The normalized spacial score (nSPS) is 9.95. The van der Waals surface area contributed by atoms with Crippen LogP contribution in [0.25, 0.3) is 0 Å². The van der Waals surface area contributed by atoms with Crippen LogP contribution in [0.4, 0.5) is 4.39 Å². The van der Waals surface area contributed by atoms with E-state index in [4.69, 9.17) is 9.84 Å². The van der Waals surface area contributed by atoms with Crippen LogP contribution in [0.2, 0.25) is 0 Å². The van der Waals surface area contributed by atoms with Crippen molar-refractivity contribution in [2.75, 3.05) is 6.61 Å². The highest BCUT2D eigenvalue weighted by atomic mass is 19.1. The Morgan fingerprint density at radius 2 is 2.30 bits per heavy atom. The zero-order valence-electron chi connectivity index (χ0n) is 11.0. The van der Waals surface area contributed by atoms with E-state index in [0.717, 1.165) is 0 Å². The molecule has 104 valence electrons. The highest BCUT2D eigenvalue weighted by molar-refractivity contribution is 5.40. The lowest BCUT2D eigenvalue weighted by atomic mass is 10.2. The number of aryl methyl sites for hydroxylation is 1. The number of aliphatic hydroxyl groups excluding tert-OH is 1. The third kappa shape index (κ3) is 3.80. The van der Waals surface area contributed by atoms with Crippen molar-refractivity contribution < 1.29 is 14.2 Å². The minimum absolute atomic E-state index is 0.00419. The van der Waals surface area contributed by atoms with Crippen molar-refractivity contribution in [3.8, 4) is 17.6 Å². The van der Waals surface area contributed by atoms with Crippen LogP contribution in [-0.2, 0) is 13.7 Å². The van der Waals surface area contributed by atoms with Crippen molar-refractivity contribution >= 4 is 0 Å². The number of aliphatic hydroxyl groups is 1. The first-order valence-electron chi connectivity index (χ1n) is 6.06. The summed E-state index contributed by atoms with van der Waals surface area (Å²) < 4.78 is 20.5. The van der Waals surface area contributed by atoms with Crippen LogP contribution in [0.3, 0.4) is 0 Å². The molecule has 0 saturated heterocycles. The number of hydrogen-bond donors (Lipinski definition) is 1. The summed E-state index contributed by atoms with van der Waals surface area (Å²) in [6, 6.07) is 4.39. The molecule has 20 heavy (non-hydrogen) atoms. The number of benzene rings is 1.